The molecular weight excluding hydrogens is 388 g/mol. The molecule has 3 rings (SSSR count). The molecule has 0 radical (unpaired) electrons. The number of likely N-dealkylation sites (tertiary alicyclic amines) is 1. The van der Waals surface area contributed by atoms with Crippen molar-refractivity contribution in [3.05, 3.63) is 53.3 Å². The highest BCUT2D eigenvalue weighted by Crippen LogP contribution is 2.29. The smallest absolute Gasteiger partial charge is 0.225 e. The summed E-state index contributed by atoms with van der Waals surface area (Å²) in [5.41, 5.74) is 0.919. The lowest BCUT2D eigenvalue weighted by molar-refractivity contribution is -0.138. The van der Waals surface area contributed by atoms with Gasteiger partial charge in [0.05, 0.1) is 12.1 Å². The van der Waals surface area contributed by atoms with Crippen LogP contribution in [0.2, 0.25) is 5.02 Å². The molecule has 1 aromatic carbocycles. The number of nitrogens with one attached hydrogen (secondary N) is 1. The topological polar surface area (TPSA) is 67.2 Å². The van der Waals surface area contributed by atoms with Crippen LogP contribution < -0.4 is 5.32 Å². The van der Waals surface area contributed by atoms with E-state index in [-0.39, 0.29) is 35.7 Å². The van der Waals surface area contributed by atoms with Crippen LogP contribution in [-0.4, -0.2) is 45.6 Å². The molecule has 1 aromatic heterocycles. The molecule has 2 heterocycles. The summed E-state index contributed by atoms with van der Waals surface area (Å²) in [5.74, 6) is 0.0945. The SMILES string of the molecule is CC(C)C(=O)N1CCC(C(=O)N[C@H](C)[C@H](c2ccccc2Cl)n2cccn2)CC1. The van der Waals surface area contributed by atoms with Gasteiger partial charge >= 0.3 is 0 Å². The molecule has 0 bridgehead atoms. The quantitative estimate of drug-likeness (QED) is 0.783. The van der Waals surface area contributed by atoms with E-state index < -0.39 is 0 Å². The fourth-order valence-electron chi connectivity index (χ4n) is 3.95. The van der Waals surface area contributed by atoms with Gasteiger partial charge in [0.25, 0.3) is 0 Å². The van der Waals surface area contributed by atoms with Gasteiger partial charge in [-0.25, -0.2) is 0 Å². The van der Waals surface area contributed by atoms with Crippen molar-refractivity contribution in [3.8, 4) is 0 Å². The zero-order valence-electron chi connectivity index (χ0n) is 17.2. The molecule has 0 unspecified atom stereocenters. The predicted octanol–water partition coefficient (Wildman–Crippen LogP) is 3.53. The zero-order valence-corrected chi connectivity index (χ0v) is 18.0. The summed E-state index contributed by atoms with van der Waals surface area (Å²) in [6.07, 6.45) is 4.98. The summed E-state index contributed by atoms with van der Waals surface area (Å²) in [5, 5.41) is 8.20. The van der Waals surface area contributed by atoms with Crippen LogP contribution in [0.3, 0.4) is 0 Å². The molecule has 29 heavy (non-hydrogen) atoms. The molecule has 0 aliphatic carbocycles. The van der Waals surface area contributed by atoms with E-state index in [1.807, 2.05) is 66.9 Å². The van der Waals surface area contributed by atoms with E-state index in [4.69, 9.17) is 11.6 Å². The Morgan fingerprint density at radius 2 is 1.83 bits per heavy atom. The summed E-state index contributed by atoms with van der Waals surface area (Å²) >= 11 is 6.45. The summed E-state index contributed by atoms with van der Waals surface area (Å²) < 4.78 is 1.83. The third-order valence-corrected chi connectivity index (χ3v) is 5.89. The van der Waals surface area contributed by atoms with Crippen LogP contribution in [-0.2, 0) is 9.59 Å². The summed E-state index contributed by atoms with van der Waals surface area (Å²) in [7, 11) is 0. The van der Waals surface area contributed by atoms with E-state index in [2.05, 4.69) is 10.4 Å². The van der Waals surface area contributed by atoms with Crippen molar-refractivity contribution in [1.82, 2.24) is 20.0 Å². The maximum atomic E-state index is 12.9. The Morgan fingerprint density at radius 3 is 2.41 bits per heavy atom. The van der Waals surface area contributed by atoms with Gasteiger partial charge in [0.2, 0.25) is 11.8 Å². The van der Waals surface area contributed by atoms with E-state index in [0.29, 0.717) is 31.0 Å². The lowest BCUT2D eigenvalue weighted by Crippen LogP contribution is -2.47. The first kappa shape index (κ1) is 21.4. The van der Waals surface area contributed by atoms with Gasteiger partial charge in [-0.3, -0.25) is 14.3 Å². The number of aromatic nitrogens is 2. The minimum Gasteiger partial charge on any atom is -0.351 e. The molecular formula is C22H29ClN4O2. The van der Waals surface area contributed by atoms with Gasteiger partial charge in [0, 0.05) is 42.3 Å². The van der Waals surface area contributed by atoms with E-state index in [1.54, 1.807) is 6.20 Å². The molecule has 6 nitrogen and oxygen atoms in total. The zero-order chi connectivity index (χ0) is 21.0. The van der Waals surface area contributed by atoms with Gasteiger partial charge in [-0.1, -0.05) is 43.6 Å². The highest BCUT2D eigenvalue weighted by molar-refractivity contribution is 6.31. The number of amides is 2. The molecule has 1 fully saturated rings. The van der Waals surface area contributed by atoms with Crippen molar-refractivity contribution in [2.24, 2.45) is 11.8 Å². The van der Waals surface area contributed by atoms with Crippen LogP contribution >= 0.6 is 11.6 Å². The minimum absolute atomic E-state index is 0.00847. The lowest BCUT2D eigenvalue weighted by atomic mass is 9.93. The van der Waals surface area contributed by atoms with E-state index >= 15 is 0 Å². The van der Waals surface area contributed by atoms with Crippen molar-refractivity contribution in [1.29, 1.82) is 0 Å². The molecule has 1 N–H and O–H groups in total. The number of carbonyl (C=O) groups excluding carboxylic acids is 2. The van der Waals surface area contributed by atoms with Crippen LogP contribution in [0.5, 0.6) is 0 Å². The van der Waals surface area contributed by atoms with Crippen molar-refractivity contribution < 1.29 is 9.59 Å². The summed E-state index contributed by atoms with van der Waals surface area (Å²) in [6, 6.07) is 9.11. The molecule has 0 spiro atoms. The van der Waals surface area contributed by atoms with E-state index in [1.165, 1.54) is 0 Å². The highest BCUT2D eigenvalue weighted by atomic mass is 35.5. The lowest BCUT2D eigenvalue weighted by Gasteiger charge is -2.34. The second-order valence-corrected chi connectivity index (χ2v) is 8.41. The summed E-state index contributed by atoms with van der Waals surface area (Å²) in [6.45, 7) is 7.07. The van der Waals surface area contributed by atoms with E-state index in [0.717, 1.165) is 5.56 Å². The standard InChI is InChI=1S/C22H29ClN4O2/c1-15(2)22(29)26-13-9-17(10-14-26)21(28)25-16(3)20(27-12-6-11-24-27)18-7-4-5-8-19(18)23/h4-8,11-12,15-17,20H,9-10,13-14H2,1-3H3,(H,25,28)/t16-,20-/m1/s1. The average molecular weight is 417 g/mol. The predicted molar refractivity (Wildman–Crippen MR) is 114 cm³/mol. The highest BCUT2D eigenvalue weighted by Gasteiger charge is 2.31. The van der Waals surface area contributed by atoms with Crippen molar-refractivity contribution in [2.75, 3.05) is 13.1 Å². The summed E-state index contributed by atoms with van der Waals surface area (Å²) in [4.78, 5) is 27.0. The molecule has 7 heteroatoms. The Hall–Kier alpha value is -2.34. The number of benzene rings is 1. The largest absolute Gasteiger partial charge is 0.351 e. The first-order valence-corrected chi connectivity index (χ1v) is 10.6. The molecule has 156 valence electrons. The number of carbonyl (C=O) groups is 2. The van der Waals surface area contributed by atoms with Crippen molar-refractivity contribution in [3.63, 3.8) is 0 Å². The Labute approximate surface area is 177 Å². The van der Waals surface area contributed by atoms with Crippen LogP contribution in [0.25, 0.3) is 0 Å². The second-order valence-electron chi connectivity index (χ2n) is 8.00. The Morgan fingerprint density at radius 1 is 1.14 bits per heavy atom. The number of nitrogens with zero attached hydrogens (tertiary/aromatic N) is 3. The van der Waals surface area contributed by atoms with Gasteiger partial charge < -0.3 is 10.2 Å². The van der Waals surface area contributed by atoms with Crippen molar-refractivity contribution in [2.45, 2.75) is 45.7 Å². The Balaban J connectivity index is 1.67. The molecule has 1 saturated heterocycles. The van der Waals surface area contributed by atoms with Crippen LogP contribution in [0, 0.1) is 11.8 Å². The third kappa shape index (κ3) is 4.99. The molecule has 2 atom stereocenters. The number of hydrogen-bond acceptors (Lipinski definition) is 3. The van der Waals surface area contributed by atoms with Gasteiger partial charge in [0.1, 0.15) is 0 Å². The van der Waals surface area contributed by atoms with Gasteiger partial charge in [0.15, 0.2) is 0 Å². The average Bonchev–Trinajstić information content (AvgIpc) is 3.23. The Bertz CT molecular complexity index is 829. The minimum atomic E-state index is -0.203. The molecule has 1 aliphatic heterocycles. The van der Waals surface area contributed by atoms with Gasteiger partial charge in [-0.15, -0.1) is 0 Å². The number of hydrogen-bond donors (Lipinski definition) is 1. The molecule has 1 aliphatic rings. The maximum absolute atomic E-state index is 12.9. The monoisotopic (exact) mass is 416 g/mol. The van der Waals surface area contributed by atoms with Gasteiger partial charge in [-0.2, -0.15) is 5.10 Å². The van der Waals surface area contributed by atoms with Crippen LogP contribution in [0.4, 0.5) is 0 Å². The molecule has 0 saturated carbocycles. The molecule has 2 aromatic rings. The van der Waals surface area contributed by atoms with Crippen LogP contribution in [0.15, 0.2) is 42.7 Å². The first-order valence-electron chi connectivity index (χ1n) is 10.2. The fourth-order valence-corrected chi connectivity index (χ4v) is 4.20. The second kappa shape index (κ2) is 9.44. The fraction of sp³-hybridized carbons (Fsp3) is 0.500. The number of halogens is 1. The molecule has 2 amide bonds. The van der Waals surface area contributed by atoms with E-state index in [9.17, 15) is 9.59 Å². The maximum Gasteiger partial charge on any atom is 0.225 e. The van der Waals surface area contributed by atoms with Gasteiger partial charge in [-0.05, 0) is 37.5 Å². The Kier molecular flexibility index (Phi) is 6.96. The number of rotatable bonds is 6. The van der Waals surface area contributed by atoms with Crippen LogP contribution in [0.1, 0.15) is 45.2 Å². The normalized spacial score (nSPS) is 17.2. The van der Waals surface area contributed by atoms with Crippen molar-refractivity contribution >= 4 is 23.4 Å². The first-order chi connectivity index (χ1) is 13.9. The third-order valence-electron chi connectivity index (χ3n) is 5.55. The number of piperidine rings is 1.